The second kappa shape index (κ2) is 42.9. The topological polar surface area (TPSA) is 80.3 Å². The number of unbranched alkanes of at least 4 members (excludes halogenated alkanes) is 34. The lowest BCUT2D eigenvalue weighted by Gasteiger charge is -2.23. The first kappa shape index (κ1) is 57.1. The lowest BCUT2D eigenvalue weighted by Crippen LogP contribution is -2.35. The van der Waals surface area contributed by atoms with Crippen molar-refractivity contribution in [1.82, 2.24) is 0 Å². The van der Waals surface area contributed by atoms with Crippen molar-refractivity contribution in [1.29, 1.82) is 0 Å². The number of hydrogen-bond acceptors (Lipinski definition) is 4. The first-order valence-corrected chi connectivity index (χ1v) is 24.7. The highest BCUT2D eigenvalue weighted by molar-refractivity contribution is 7.79. The Kier molecular flexibility index (Phi) is 46.3. The van der Waals surface area contributed by atoms with Gasteiger partial charge in [-0.3, -0.25) is 8.42 Å². The van der Waals surface area contributed by atoms with Gasteiger partial charge in [-0.05, 0) is 25.7 Å². The molecule has 0 aromatic rings. The van der Waals surface area contributed by atoms with Crippen molar-refractivity contribution in [2.45, 2.75) is 245 Å². The Bertz CT molecular complexity index is 719. The van der Waals surface area contributed by atoms with Gasteiger partial charge in [0.1, 0.15) is 0 Å². The molecule has 0 heterocycles. The van der Waals surface area contributed by atoms with Gasteiger partial charge in [0.2, 0.25) is 0 Å². The van der Waals surface area contributed by atoms with Crippen molar-refractivity contribution in [3.8, 4) is 0 Å². The maximum atomic E-state index is 8.52. The van der Waals surface area contributed by atoms with Gasteiger partial charge in [-0.2, -0.15) is 0 Å². The van der Waals surface area contributed by atoms with Gasteiger partial charge in [0, 0.05) is 10.4 Å². The first-order chi connectivity index (χ1) is 25.1. The van der Waals surface area contributed by atoms with Crippen molar-refractivity contribution in [2.75, 3.05) is 55.4 Å². The van der Waals surface area contributed by atoms with Crippen molar-refractivity contribution < 1.29 is 26.5 Å². The standard InChI is InChI=1S/2C23H50N.H2O4S/c2*1-5-6-7-8-9-10-11-12-13-14-15-16-17-18-19-20-21-22-23-24(2,3)4;1-5(2,3)4/h2*5-23H2,1-4H3;(H2,1,2,3,4)/q2*+1;/p-2. The zero-order valence-corrected chi connectivity index (χ0v) is 38.6. The van der Waals surface area contributed by atoms with Crippen molar-refractivity contribution in [2.24, 2.45) is 0 Å². The summed E-state index contributed by atoms with van der Waals surface area (Å²) in [5.41, 5.74) is 0. The molecule has 0 saturated carbocycles. The van der Waals surface area contributed by atoms with E-state index in [0.717, 1.165) is 8.97 Å². The van der Waals surface area contributed by atoms with Gasteiger partial charge in [-0.25, -0.2) is 0 Å². The predicted molar refractivity (Wildman–Crippen MR) is 234 cm³/mol. The molecule has 0 unspecified atom stereocenters. The fourth-order valence-electron chi connectivity index (χ4n) is 6.98. The van der Waals surface area contributed by atoms with Crippen LogP contribution < -0.4 is 0 Å². The number of nitrogens with zero attached hydrogens (tertiary/aromatic N) is 2. The molecule has 0 fully saturated rings. The van der Waals surface area contributed by atoms with E-state index < -0.39 is 10.4 Å². The van der Waals surface area contributed by atoms with Crippen LogP contribution in [0.25, 0.3) is 0 Å². The lowest BCUT2D eigenvalue weighted by atomic mass is 10.0. The van der Waals surface area contributed by atoms with Crippen molar-refractivity contribution >= 4 is 10.4 Å². The van der Waals surface area contributed by atoms with Gasteiger partial charge >= 0.3 is 0 Å². The van der Waals surface area contributed by atoms with Crippen LogP contribution in [0.5, 0.6) is 0 Å². The third kappa shape index (κ3) is 73.5. The number of rotatable bonds is 38. The summed E-state index contributed by atoms with van der Waals surface area (Å²) in [6.07, 6.45) is 52.7. The van der Waals surface area contributed by atoms with E-state index in [1.807, 2.05) is 0 Å². The van der Waals surface area contributed by atoms with E-state index >= 15 is 0 Å². The van der Waals surface area contributed by atoms with E-state index in [0.29, 0.717) is 0 Å². The summed E-state index contributed by atoms with van der Waals surface area (Å²) in [5.74, 6) is 0. The molecule has 0 rings (SSSR count). The average molecular weight is 777 g/mol. The minimum Gasteiger partial charge on any atom is -0.759 e. The van der Waals surface area contributed by atoms with Crippen LogP contribution >= 0.6 is 0 Å². The maximum absolute atomic E-state index is 8.52. The molecule has 0 aliphatic carbocycles. The van der Waals surface area contributed by atoms with Crippen LogP contribution in [0.2, 0.25) is 0 Å². The second-order valence-electron chi connectivity index (χ2n) is 18.5. The number of hydrogen-bond donors (Lipinski definition) is 0. The lowest BCUT2D eigenvalue weighted by molar-refractivity contribution is -0.870. The molecule has 0 aromatic carbocycles. The highest BCUT2D eigenvalue weighted by atomic mass is 32.3. The largest absolute Gasteiger partial charge is 0.759 e. The van der Waals surface area contributed by atoms with Gasteiger partial charge in [0.25, 0.3) is 0 Å². The fourth-order valence-corrected chi connectivity index (χ4v) is 6.98. The summed E-state index contributed by atoms with van der Waals surface area (Å²) in [7, 11) is 8.63. The molecule has 0 aliphatic rings. The maximum Gasteiger partial charge on any atom is 0.0780 e. The highest BCUT2D eigenvalue weighted by Crippen LogP contribution is 2.16. The SMILES string of the molecule is CCCCCCCCCCCCCCCCCCCC[N+](C)(C)C.CCCCCCCCCCCCCCCCCCCC[N+](C)(C)C.O=S(=O)([O-])[O-]. The Morgan fingerprint density at radius 2 is 0.396 bits per heavy atom. The van der Waals surface area contributed by atoms with Crippen LogP contribution in [0.15, 0.2) is 0 Å². The molecule has 0 atom stereocenters. The molecule has 53 heavy (non-hydrogen) atoms. The Morgan fingerprint density at radius 1 is 0.283 bits per heavy atom. The molecule has 0 bridgehead atoms. The molecule has 0 radical (unpaired) electrons. The van der Waals surface area contributed by atoms with Crippen LogP contribution in [-0.4, -0.2) is 81.9 Å². The molecule has 6 nitrogen and oxygen atoms in total. The van der Waals surface area contributed by atoms with E-state index in [-0.39, 0.29) is 0 Å². The van der Waals surface area contributed by atoms with Crippen LogP contribution in [0.3, 0.4) is 0 Å². The second-order valence-corrected chi connectivity index (χ2v) is 19.3. The monoisotopic (exact) mass is 777 g/mol. The van der Waals surface area contributed by atoms with Crippen LogP contribution in [0, 0.1) is 0 Å². The normalized spacial score (nSPS) is 12.0. The molecule has 0 spiro atoms. The summed E-state index contributed by atoms with van der Waals surface area (Å²) in [6, 6.07) is 0. The summed E-state index contributed by atoms with van der Waals surface area (Å²) < 4.78 is 36.3. The zero-order chi connectivity index (χ0) is 40.4. The summed E-state index contributed by atoms with van der Waals surface area (Å²) in [6.45, 7) is 7.26. The van der Waals surface area contributed by atoms with Crippen molar-refractivity contribution in [3.63, 3.8) is 0 Å². The quantitative estimate of drug-likeness (QED) is 0.0271. The van der Waals surface area contributed by atoms with Gasteiger partial charge in [0.15, 0.2) is 0 Å². The van der Waals surface area contributed by atoms with Crippen molar-refractivity contribution in [3.05, 3.63) is 0 Å². The van der Waals surface area contributed by atoms with Gasteiger partial charge in [-0.15, -0.1) is 0 Å². The predicted octanol–water partition coefficient (Wildman–Crippen LogP) is 14.1. The van der Waals surface area contributed by atoms with Crippen LogP contribution in [-0.2, 0) is 10.4 Å². The van der Waals surface area contributed by atoms with Crippen LogP contribution in [0.4, 0.5) is 0 Å². The third-order valence-electron chi connectivity index (χ3n) is 10.4. The smallest absolute Gasteiger partial charge is 0.0780 e. The Hall–Kier alpha value is -0.210. The Balaban J connectivity index is -0.000000835. The van der Waals surface area contributed by atoms with E-state index in [1.54, 1.807) is 0 Å². The molecular weight excluding hydrogens is 677 g/mol. The molecule has 7 heteroatoms. The Morgan fingerprint density at radius 3 is 0.509 bits per heavy atom. The van der Waals surface area contributed by atoms with Gasteiger partial charge in [-0.1, -0.05) is 219 Å². The molecule has 0 aromatic heterocycles. The summed E-state index contributed by atoms with van der Waals surface area (Å²) in [5, 5.41) is 0. The molecule has 324 valence electrons. The van der Waals surface area contributed by atoms with Gasteiger partial charge in [0.05, 0.1) is 55.4 Å². The van der Waals surface area contributed by atoms with E-state index in [9.17, 15) is 0 Å². The molecule has 0 N–H and O–H groups in total. The fraction of sp³-hybridized carbons (Fsp3) is 1.00. The van der Waals surface area contributed by atoms with E-state index in [1.165, 1.54) is 244 Å². The first-order valence-electron chi connectivity index (χ1n) is 23.4. The van der Waals surface area contributed by atoms with E-state index in [2.05, 4.69) is 56.1 Å². The van der Waals surface area contributed by atoms with Gasteiger partial charge < -0.3 is 18.1 Å². The molecule has 0 amide bonds. The minimum atomic E-state index is -5.17. The van der Waals surface area contributed by atoms with E-state index in [4.69, 9.17) is 17.5 Å². The number of quaternary nitrogens is 2. The van der Waals surface area contributed by atoms with Crippen LogP contribution in [0.1, 0.15) is 245 Å². The Labute approximate surface area is 336 Å². The summed E-state index contributed by atoms with van der Waals surface area (Å²) >= 11 is 0. The highest BCUT2D eigenvalue weighted by Gasteiger charge is 2.06. The third-order valence-corrected chi connectivity index (χ3v) is 10.4. The molecular formula is C46H100N2O4S. The molecule has 0 saturated heterocycles. The summed E-state index contributed by atoms with van der Waals surface area (Å²) in [4.78, 5) is 0. The average Bonchev–Trinajstić information content (AvgIpc) is 3.06. The molecule has 0 aliphatic heterocycles. The minimum absolute atomic E-state index is 1.12. The zero-order valence-electron chi connectivity index (χ0n) is 37.8.